The monoisotopic (exact) mass is 390 g/mol. The average Bonchev–Trinajstić information content (AvgIpc) is 2.84. The van der Waals surface area contributed by atoms with E-state index in [0.717, 1.165) is 0 Å². The Labute approximate surface area is 181 Å². The summed E-state index contributed by atoms with van der Waals surface area (Å²) >= 11 is 0. The maximum Gasteiger partial charge on any atom is 0.00669 e. The predicted molar refractivity (Wildman–Crippen MR) is 128 cm³/mol. The van der Waals surface area contributed by atoms with Crippen LogP contribution in [0.3, 0.4) is 0 Å². The highest BCUT2D eigenvalue weighted by Crippen LogP contribution is 2.40. The van der Waals surface area contributed by atoms with Crippen LogP contribution in [-0.2, 0) is 0 Å². The van der Waals surface area contributed by atoms with Crippen molar-refractivity contribution < 1.29 is 0 Å². The summed E-state index contributed by atoms with van der Waals surface area (Å²) in [6, 6.07) is 39.5. The number of rotatable bonds is 6. The zero-order chi connectivity index (χ0) is 20.9. The van der Waals surface area contributed by atoms with Crippen LogP contribution >= 0.6 is 0 Å². The van der Waals surface area contributed by atoms with Crippen molar-refractivity contribution in [2.75, 3.05) is 0 Å². The Bertz CT molecular complexity index is 1000. The molecule has 30 heavy (non-hydrogen) atoms. The third kappa shape index (κ3) is 4.09. The van der Waals surface area contributed by atoms with Gasteiger partial charge in [0.1, 0.15) is 0 Å². The molecule has 0 saturated carbocycles. The molecule has 3 atom stereocenters. The van der Waals surface area contributed by atoms with Crippen LogP contribution in [0.25, 0.3) is 0 Å². The molecular weight excluding hydrogens is 360 g/mol. The number of benzene rings is 4. The summed E-state index contributed by atoms with van der Waals surface area (Å²) in [6.07, 6.45) is 0. The molecule has 4 aromatic carbocycles. The van der Waals surface area contributed by atoms with Gasteiger partial charge in [-0.25, -0.2) is 0 Å². The Morgan fingerprint density at radius 1 is 0.367 bits per heavy atom. The van der Waals surface area contributed by atoms with Crippen LogP contribution in [0.15, 0.2) is 109 Å². The topological polar surface area (TPSA) is 0 Å². The smallest absolute Gasteiger partial charge is 0.00669 e. The molecule has 0 aliphatic rings. The van der Waals surface area contributed by atoms with Gasteiger partial charge in [-0.15, -0.1) is 0 Å². The van der Waals surface area contributed by atoms with E-state index < -0.39 is 0 Å². The molecule has 0 heteroatoms. The number of hydrogen-bond donors (Lipinski definition) is 0. The molecule has 0 fully saturated rings. The van der Waals surface area contributed by atoms with Crippen LogP contribution in [0.4, 0.5) is 0 Å². The molecule has 0 aliphatic heterocycles. The molecule has 4 rings (SSSR count). The predicted octanol–water partition coefficient (Wildman–Crippen LogP) is 8.14. The van der Waals surface area contributed by atoms with Crippen LogP contribution in [0.5, 0.6) is 0 Å². The highest BCUT2D eigenvalue weighted by atomic mass is 14.3. The molecule has 4 aromatic rings. The van der Waals surface area contributed by atoms with E-state index in [1.54, 1.807) is 0 Å². The summed E-state index contributed by atoms with van der Waals surface area (Å²) in [6.45, 7) is 7.03. The Hall–Kier alpha value is -3.12. The summed E-state index contributed by atoms with van der Waals surface area (Å²) in [7, 11) is 0. The van der Waals surface area contributed by atoms with E-state index in [0.29, 0.717) is 17.8 Å². The second-order valence-electron chi connectivity index (χ2n) is 8.25. The van der Waals surface area contributed by atoms with Gasteiger partial charge in [-0.3, -0.25) is 0 Å². The SMILES string of the molecule is CC(c1ccccc1)c1cccc(C(C)c2ccccc2)c1C(C)c1ccccc1. The summed E-state index contributed by atoms with van der Waals surface area (Å²) in [5.41, 5.74) is 8.42. The fourth-order valence-corrected chi connectivity index (χ4v) is 4.61. The van der Waals surface area contributed by atoms with Gasteiger partial charge in [-0.05, 0) is 33.4 Å². The fraction of sp³-hybridized carbons (Fsp3) is 0.200. The van der Waals surface area contributed by atoms with Crippen molar-refractivity contribution in [1.82, 2.24) is 0 Å². The van der Waals surface area contributed by atoms with Crippen molar-refractivity contribution in [3.8, 4) is 0 Å². The van der Waals surface area contributed by atoms with E-state index in [9.17, 15) is 0 Å². The van der Waals surface area contributed by atoms with Crippen LogP contribution in [-0.4, -0.2) is 0 Å². The second kappa shape index (κ2) is 9.13. The molecule has 0 nitrogen and oxygen atoms in total. The van der Waals surface area contributed by atoms with Gasteiger partial charge in [0, 0.05) is 17.8 Å². The average molecular weight is 391 g/mol. The van der Waals surface area contributed by atoms with Crippen molar-refractivity contribution in [2.24, 2.45) is 0 Å². The molecule has 150 valence electrons. The minimum Gasteiger partial charge on any atom is -0.0622 e. The summed E-state index contributed by atoms with van der Waals surface area (Å²) in [5, 5.41) is 0. The van der Waals surface area contributed by atoms with Crippen LogP contribution in [0.2, 0.25) is 0 Å². The first kappa shape index (κ1) is 20.2. The Morgan fingerprint density at radius 3 is 1.07 bits per heavy atom. The zero-order valence-corrected chi connectivity index (χ0v) is 18.1. The van der Waals surface area contributed by atoms with E-state index >= 15 is 0 Å². The molecule has 0 heterocycles. The van der Waals surface area contributed by atoms with Crippen molar-refractivity contribution >= 4 is 0 Å². The Balaban J connectivity index is 1.88. The first-order chi connectivity index (χ1) is 14.7. The normalized spacial score (nSPS) is 14.1. The maximum absolute atomic E-state index is 2.35. The first-order valence-corrected chi connectivity index (χ1v) is 10.9. The van der Waals surface area contributed by atoms with Gasteiger partial charge in [0.05, 0.1) is 0 Å². The van der Waals surface area contributed by atoms with Crippen molar-refractivity contribution in [1.29, 1.82) is 0 Å². The minimum absolute atomic E-state index is 0.328. The quantitative estimate of drug-likeness (QED) is 0.312. The maximum atomic E-state index is 2.35. The van der Waals surface area contributed by atoms with Gasteiger partial charge in [0.25, 0.3) is 0 Å². The highest BCUT2D eigenvalue weighted by molar-refractivity contribution is 5.50. The Morgan fingerprint density at radius 2 is 0.700 bits per heavy atom. The highest BCUT2D eigenvalue weighted by Gasteiger charge is 2.24. The molecule has 0 bridgehead atoms. The molecule has 0 amide bonds. The van der Waals surface area contributed by atoms with Crippen LogP contribution < -0.4 is 0 Å². The minimum atomic E-state index is 0.328. The van der Waals surface area contributed by atoms with E-state index in [-0.39, 0.29) is 0 Å². The van der Waals surface area contributed by atoms with Gasteiger partial charge in [-0.2, -0.15) is 0 Å². The summed E-state index contributed by atoms with van der Waals surface area (Å²) < 4.78 is 0. The molecular formula is C30H30. The largest absolute Gasteiger partial charge is 0.0622 e. The standard InChI is InChI=1S/C30H30/c1-22(25-14-7-4-8-15-25)28-20-13-21-29(23(2)26-16-9-5-10-17-26)30(28)24(3)27-18-11-6-12-19-27/h4-24H,1-3H3. The Kier molecular flexibility index (Phi) is 6.14. The summed E-state index contributed by atoms with van der Waals surface area (Å²) in [4.78, 5) is 0. The van der Waals surface area contributed by atoms with E-state index in [4.69, 9.17) is 0 Å². The van der Waals surface area contributed by atoms with E-state index in [1.807, 2.05) is 0 Å². The lowest BCUT2D eigenvalue weighted by molar-refractivity contribution is 0.799. The zero-order valence-electron chi connectivity index (χ0n) is 18.1. The van der Waals surface area contributed by atoms with Gasteiger partial charge >= 0.3 is 0 Å². The molecule has 3 unspecified atom stereocenters. The van der Waals surface area contributed by atoms with Crippen molar-refractivity contribution in [3.63, 3.8) is 0 Å². The van der Waals surface area contributed by atoms with Crippen LogP contribution in [0.1, 0.15) is 71.9 Å². The lowest BCUT2D eigenvalue weighted by atomic mass is 9.77. The van der Waals surface area contributed by atoms with Crippen molar-refractivity contribution in [3.05, 3.63) is 143 Å². The molecule has 0 radical (unpaired) electrons. The van der Waals surface area contributed by atoms with E-state index in [2.05, 4.69) is 130 Å². The third-order valence-corrected chi connectivity index (χ3v) is 6.44. The molecule has 0 saturated heterocycles. The molecule has 0 spiro atoms. The van der Waals surface area contributed by atoms with Gasteiger partial charge in [-0.1, -0.05) is 130 Å². The lowest BCUT2D eigenvalue weighted by Crippen LogP contribution is -2.11. The first-order valence-electron chi connectivity index (χ1n) is 10.9. The van der Waals surface area contributed by atoms with Gasteiger partial charge < -0.3 is 0 Å². The third-order valence-electron chi connectivity index (χ3n) is 6.44. The molecule has 0 N–H and O–H groups in total. The summed E-state index contributed by atoms with van der Waals surface area (Å²) in [5.74, 6) is 1.01. The molecule has 0 aromatic heterocycles. The van der Waals surface area contributed by atoms with E-state index in [1.165, 1.54) is 33.4 Å². The van der Waals surface area contributed by atoms with Gasteiger partial charge in [0.2, 0.25) is 0 Å². The second-order valence-corrected chi connectivity index (χ2v) is 8.25. The van der Waals surface area contributed by atoms with Crippen LogP contribution in [0, 0.1) is 0 Å². The van der Waals surface area contributed by atoms with Crippen molar-refractivity contribution in [2.45, 2.75) is 38.5 Å². The van der Waals surface area contributed by atoms with Gasteiger partial charge in [0.15, 0.2) is 0 Å². The molecule has 0 aliphatic carbocycles. The number of hydrogen-bond acceptors (Lipinski definition) is 0. The fourth-order valence-electron chi connectivity index (χ4n) is 4.61. The lowest BCUT2D eigenvalue weighted by Gasteiger charge is -2.27.